The fourth-order valence-electron chi connectivity index (χ4n) is 2.18. The molecule has 3 heteroatoms. The van der Waals surface area contributed by atoms with Crippen LogP contribution in [-0.2, 0) is 13.5 Å². The lowest BCUT2D eigenvalue weighted by atomic mass is 10.1. The Hall–Kier alpha value is -0.830. The van der Waals surface area contributed by atoms with Gasteiger partial charge in [0.25, 0.3) is 0 Å². The number of nitrogens with one attached hydrogen (secondary N) is 1. The highest BCUT2D eigenvalue weighted by Gasteiger charge is 2.38. The molecule has 3 atom stereocenters. The first kappa shape index (κ1) is 9.71. The molecule has 0 spiro atoms. The van der Waals surface area contributed by atoms with Crippen molar-refractivity contribution in [2.75, 3.05) is 7.05 Å². The summed E-state index contributed by atoms with van der Waals surface area (Å²) in [5, 5.41) is 7.81. The number of hydrogen-bond acceptors (Lipinski definition) is 2. The summed E-state index contributed by atoms with van der Waals surface area (Å²) in [5.41, 5.74) is 1.20. The maximum absolute atomic E-state index is 4.41. The minimum absolute atomic E-state index is 0.611. The maximum Gasteiger partial charge on any atom is 0.0640 e. The van der Waals surface area contributed by atoms with Crippen molar-refractivity contribution < 1.29 is 0 Å². The second kappa shape index (κ2) is 3.73. The largest absolute Gasteiger partial charge is 0.316 e. The first-order chi connectivity index (χ1) is 6.70. The van der Waals surface area contributed by atoms with Crippen LogP contribution in [0.1, 0.15) is 19.0 Å². The number of aromatic nitrogens is 2. The van der Waals surface area contributed by atoms with Crippen molar-refractivity contribution in [2.24, 2.45) is 18.9 Å². The summed E-state index contributed by atoms with van der Waals surface area (Å²) in [6, 6.07) is 2.72. The van der Waals surface area contributed by atoms with Crippen LogP contribution < -0.4 is 5.32 Å². The smallest absolute Gasteiger partial charge is 0.0640 e. The summed E-state index contributed by atoms with van der Waals surface area (Å²) >= 11 is 0. The standard InChI is InChI=1S/C11H19N3/c1-8-6-10(8)11(12-2)7-9-4-5-14(3)13-9/h4-5,8,10-12H,6-7H2,1-3H3. The third-order valence-corrected chi connectivity index (χ3v) is 3.26. The van der Waals surface area contributed by atoms with Crippen LogP contribution >= 0.6 is 0 Å². The highest BCUT2D eigenvalue weighted by Crippen LogP contribution is 2.41. The van der Waals surface area contributed by atoms with Crippen LogP contribution in [0, 0.1) is 11.8 Å². The van der Waals surface area contributed by atoms with Gasteiger partial charge in [-0.2, -0.15) is 5.10 Å². The molecule has 1 fully saturated rings. The molecular formula is C11H19N3. The van der Waals surface area contributed by atoms with Gasteiger partial charge in [0.2, 0.25) is 0 Å². The van der Waals surface area contributed by atoms with Crippen LogP contribution in [-0.4, -0.2) is 22.9 Å². The van der Waals surface area contributed by atoms with Gasteiger partial charge in [0.05, 0.1) is 5.69 Å². The third-order valence-electron chi connectivity index (χ3n) is 3.26. The van der Waals surface area contributed by atoms with E-state index in [-0.39, 0.29) is 0 Å². The number of hydrogen-bond donors (Lipinski definition) is 1. The summed E-state index contributed by atoms with van der Waals surface area (Å²) in [4.78, 5) is 0. The zero-order valence-corrected chi connectivity index (χ0v) is 9.20. The molecule has 14 heavy (non-hydrogen) atoms. The van der Waals surface area contributed by atoms with Crippen molar-refractivity contribution in [3.63, 3.8) is 0 Å². The third kappa shape index (κ3) is 1.98. The van der Waals surface area contributed by atoms with E-state index in [4.69, 9.17) is 0 Å². The van der Waals surface area contributed by atoms with Crippen molar-refractivity contribution in [1.82, 2.24) is 15.1 Å². The molecule has 1 aromatic heterocycles. The van der Waals surface area contributed by atoms with Crippen LogP contribution in [0.2, 0.25) is 0 Å². The number of aryl methyl sites for hydroxylation is 1. The topological polar surface area (TPSA) is 29.9 Å². The summed E-state index contributed by atoms with van der Waals surface area (Å²) in [7, 11) is 4.02. The number of rotatable bonds is 4. The second-order valence-corrected chi connectivity index (χ2v) is 4.46. The maximum atomic E-state index is 4.41. The molecule has 3 unspecified atom stereocenters. The monoisotopic (exact) mass is 193 g/mol. The minimum atomic E-state index is 0.611. The molecule has 0 aliphatic heterocycles. The van der Waals surface area contributed by atoms with Crippen LogP contribution in [0.3, 0.4) is 0 Å². The summed E-state index contributed by atoms with van der Waals surface area (Å²) in [6.45, 7) is 2.33. The van der Waals surface area contributed by atoms with E-state index in [0.29, 0.717) is 6.04 Å². The van der Waals surface area contributed by atoms with Gasteiger partial charge in [-0.15, -0.1) is 0 Å². The number of nitrogens with zero attached hydrogens (tertiary/aromatic N) is 2. The van der Waals surface area contributed by atoms with Gasteiger partial charge in [0.15, 0.2) is 0 Å². The van der Waals surface area contributed by atoms with Gasteiger partial charge in [-0.3, -0.25) is 4.68 Å². The predicted molar refractivity (Wildman–Crippen MR) is 57.0 cm³/mol. The van der Waals surface area contributed by atoms with Crippen LogP contribution in [0.5, 0.6) is 0 Å². The fourth-order valence-corrected chi connectivity index (χ4v) is 2.18. The molecule has 0 saturated heterocycles. The van der Waals surface area contributed by atoms with Crippen LogP contribution in [0.25, 0.3) is 0 Å². The Kier molecular flexibility index (Phi) is 2.59. The van der Waals surface area contributed by atoms with Gasteiger partial charge >= 0.3 is 0 Å². The van der Waals surface area contributed by atoms with E-state index in [2.05, 4.69) is 30.5 Å². The summed E-state index contributed by atoms with van der Waals surface area (Å²) in [6.07, 6.45) is 4.45. The molecule has 1 saturated carbocycles. The molecule has 3 nitrogen and oxygen atoms in total. The molecule has 0 radical (unpaired) electrons. The van der Waals surface area contributed by atoms with E-state index in [0.717, 1.165) is 18.3 Å². The van der Waals surface area contributed by atoms with Crippen LogP contribution in [0.4, 0.5) is 0 Å². The Bertz CT molecular complexity index is 305. The molecule has 1 aromatic rings. The van der Waals surface area contributed by atoms with Gasteiger partial charge in [0, 0.05) is 25.7 Å². The van der Waals surface area contributed by atoms with Crippen molar-refractivity contribution in [2.45, 2.75) is 25.8 Å². The highest BCUT2D eigenvalue weighted by molar-refractivity contribution is 5.04. The molecule has 1 N–H and O–H groups in total. The molecule has 0 amide bonds. The van der Waals surface area contributed by atoms with E-state index >= 15 is 0 Å². The van der Waals surface area contributed by atoms with E-state index in [1.54, 1.807) is 0 Å². The van der Waals surface area contributed by atoms with Gasteiger partial charge in [-0.25, -0.2) is 0 Å². The SMILES string of the molecule is CNC(Cc1ccn(C)n1)C1CC1C. The molecule has 0 bridgehead atoms. The van der Waals surface area contributed by atoms with E-state index in [1.807, 2.05) is 17.9 Å². The molecule has 0 aromatic carbocycles. The lowest BCUT2D eigenvalue weighted by Gasteiger charge is -2.13. The van der Waals surface area contributed by atoms with Gasteiger partial charge < -0.3 is 5.32 Å². The normalized spacial score (nSPS) is 27.6. The quantitative estimate of drug-likeness (QED) is 0.779. The first-order valence-electron chi connectivity index (χ1n) is 5.36. The Morgan fingerprint density at radius 2 is 2.43 bits per heavy atom. The molecule has 78 valence electrons. The van der Waals surface area contributed by atoms with Crippen molar-refractivity contribution in [3.8, 4) is 0 Å². The van der Waals surface area contributed by atoms with Crippen molar-refractivity contribution >= 4 is 0 Å². The Morgan fingerprint density at radius 1 is 1.71 bits per heavy atom. The first-order valence-corrected chi connectivity index (χ1v) is 5.36. The predicted octanol–water partition coefficient (Wildman–Crippen LogP) is 1.21. The summed E-state index contributed by atoms with van der Waals surface area (Å²) < 4.78 is 1.87. The molecule has 2 rings (SSSR count). The Morgan fingerprint density at radius 3 is 2.86 bits per heavy atom. The Labute approximate surface area is 85.5 Å². The highest BCUT2D eigenvalue weighted by atomic mass is 15.2. The van der Waals surface area contributed by atoms with Gasteiger partial charge in [-0.05, 0) is 31.4 Å². The molecule has 1 heterocycles. The zero-order valence-electron chi connectivity index (χ0n) is 9.20. The second-order valence-electron chi connectivity index (χ2n) is 4.46. The van der Waals surface area contributed by atoms with E-state index in [9.17, 15) is 0 Å². The molecule has 1 aliphatic carbocycles. The summed E-state index contributed by atoms with van der Waals surface area (Å²) in [5.74, 6) is 1.76. The average Bonchev–Trinajstić information content (AvgIpc) is 2.72. The Balaban J connectivity index is 1.94. The van der Waals surface area contributed by atoms with Gasteiger partial charge in [-0.1, -0.05) is 6.92 Å². The fraction of sp³-hybridized carbons (Fsp3) is 0.727. The molecule has 1 aliphatic rings. The number of likely N-dealkylation sites (N-methyl/N-ethyl adjacent to an activating group) is 1. The average molecular weight is 193 g/mol. The van der Waals surface area contributed by atoms with E-state index in [1.165, 1.54) is 12.1 Å². The molecular weight excluding hydrogens is 174 g/mol. The van der Waals surface area contributed by atoms with Crippen molar-refractivity contribution in [1.29, 1.82) is 0 Å². The lowest BCUT2D eigenvalue weighted by molar-refractivity contribution is 0.473. The minimum Gasteiger partial charge on any atom is -0.316 e. The lowest BCUT2D eigenvalue weighted by Crippen LogP contribution is -2.30. The van der Waals surface area contributed by atoms with Crippen molar-refractivity contribution in [3.05, 3.63) is 18.0 Å². The van der Waals surface area contributed by atoms with E-state index < -0.39 is 0 Å². The van der Waals surface area contributed by atoms with Crippen LogP contribution in [0.15, 0.2) is 12.3 Å². The zero-order chi connectivity index (χ0) is 10.1. The van der Waals surface area contributed by atoms with Gasteiger partial charge in [0.1, 0.15) is 0 Å².